The number of carbonyl (C=O) groups is 1. The predicted octanol–water partition coefficient (Wildman–Crippen LogP) is 2.87. The van der Waals surface area contributed by atoms with Gasteiger partial charge in [0.15, 0.2) is 0 Å². The molecule has 0 radical (unpaired) electrons. The number of carbonyl (C=O) groups excluding carboxylic acids is 1. The first-order valence-electron chi connectivity index (χ1n) is 7.06. The summed E-state index contributed by atoms with van der Waals surface area (Å²) >= 11 is 0. The quantitative estimate of drug-likeness (QED) is 0.770. The van der Waals surface area contributed by atoms with Crippen molar-refractivity contribution in [3.05, 3.63) is 53.9 Å². The van der Waals surface area contributed by atoms with E-state index in [1.54, 1.807) is 7.11 Å². The van der Waals surface area contributed by atoms with Gasteiger partial charge in [-0.25, -0.2) is 13.8 Å². The van der Waals surface area contributed by atoms with E-state index in [1.165, 1.54) is 24.4 Å². The fraction of sp³-hybridized carbons (Fsp3) is 0.250. The normalized spacial score (nSPS) is 10.4. The molecule has 5 nitrogen and oxygen atoms in total. The van der Waals surface area contributed by atoms with Crippen molar-refractivity contribution in [2.75, 3.05) is 25.6 Å². The average Bonchev–Trinajstić information content (AvgIpc) is 2.55. The van der Waals surface area contributed by atoms with Crippen LogP contribution < -0.4 is 10.6 Å². The Bertz CT molecular complexity index is 643. The Kier molecular flexibility index (Phi) is 5.99. The first-order chi connectivity index (χ1) is 11.1. The third-order valence-corrected chi connectivity index (χ3v) is 3.04. The van der Waals surface area contributed by atoms with Gasteiger partial charge < -0.3 is 15.4 Å². The summed E-state index contributed by atoms with van der Waals surface area (Å²) in [6, 6.07) is 6.60. The number of pyridine rings is 1. The number of halogens is 2. The Hall–Kier alpha value is -2.54. The molecule has 1 aromatic carbocycles. The molecule has 1 heterocycles. The number of nitrogens with zero attached hydrogens (tertiary/aromatic N) is 1. The molecule has 0 atom stereocenters. The molecule has 0 fully saturated rings. The number of nitrogens with one attached hydrogen (secondary N) is 2. The number of anilines is 2. The molecule has 1 amide bonds. The lowest BCUT2D eigenvalue weighted by Crippen LogP contribution is -2.26. The molecule has 0 saturated heterocycles. The molecule has 0 spiro atoms. The Balaban J connectivity index is 1.98. The maximum atomic E-state index is 13.5. The summed E-state index contributed by atoms with van der Waals surface area (Å²) in [5.41, 5.74) is 0.345. The highest BCUT2D eigenvalue weighted by Gasteiger charge is 2.10. The minimum Gasteiger partial charge on any atom is -0.385 e. The van der Waals surface area contributed by atoms with Gasteiger partial charge in [0.1, 0.15) is 23.0 Å². The van der Waals surface area contributed by atoms with Crippen molar-refractivity contribution in [1.82, 2.24) is 10.3 Å². The molecule has 0 unspecified atom stereocenters. The summed E-state index contributed by atoms with van der Waals surface area (Å²) < 4.78 is 32.0. The summed E-state index contributed by atoms with van der Waals surface area (Å²) in [5.74, 6) is -1.72. The van der Waals surface area contributed by atoms with Gasteiger partial charge >= 0.3 is 0 Å². The molecule has 122 valence electrons. The lowest BCUT2D eigenvalue weighted by Gasteiger charge is -2.09. The largest absolute Gasteiger partial charge is 0.385 e. The molecule has 2 aromatic rings. The number of aromatic nitrogens is 1. The number of ether oxygens (including phenoxy) is 1. The zero-order chi connectivity index (χ0) is 16.7. The lowest BCUT2D eigenvalue weighted by molar-refractivity contribution is 0.0943. The van der Waals surface area contributed by atoms with Gasteiger partial charge in [-0.1, -0.05) is 6.07 Å². The van der Waals surface area contributed by atoms with E-state index >= 15 is 0 Å². The predicted molar refractivity (Wildman–Crippen MR) is 82.7 cm³/mol. The molecule has 2 rings (SSSR count). The van der Waals surface area contributed by atoms with Gasteiger partial charge in [-0.2, -0.15) is 0 Å². The van der Waals surface area contributed by atoms with Gasteiger partial charge in [0.2, 0.25) is 0 Å². The minimum atomic E-state index is -0.704. The van der Waals surface area contributed by atoms with Crippen LogP contribution in [0.1, 0.15) is 16.9 Å². The smallest absolute Gasteiger partial charge is 0.269 e. The summed E-state index contributed by atoms with van der Waals surface area (Å²) in [5, 5.41) is 5.31. The zero-order valence-corrected chi connectivity index (χ0v) is 12.6. The summed E-state index contributed by atoms with van der Waals surface area (Å²) in [6.07, 6.45) is 2.05. The zero-order valence-electron chi connectivity index (χ0n) is 12.6. The number of para-hydroxylation sites is 1. The van der Waals surface area contributed by atoms with Crippen LogP contribution in [-0.4, -0.2) is 31.2 Å². The molecule has 0 aliphatic carbocycles. The van der Waals surface area contributed by atoms with Gasteiger partial charge in [0.05, 0.1) is 11.9 Å². The Morgan fingerprint density at radius 2 is 1.96 bits per heavy atom. The highest BCUT2D eigenvalue weighted by atomic mass is 19.1. The molecular formula is C16H17F2N3O2. The van der Waals surface area contributed by atoms with Crippen LogP contribution in [0.5, 0.6) is 0 Å². The van der Waals surface area contributed by atoms with E-state index in [0.29, 0.717) is 25.3 Å². The molecule has 23 heavy (non-hydrogen) atoms. The second-order valence-corrected chi connectivity index (χ2v) is 4.76. The molecule has 0 bridgehead atoms. The van der Waals surface area contributed by atoms with E-state index in [1.807, 2.05) is 0 Å². The maximum absolute atomic E-state index is 13.5. The number of hydrogen-bond acceptors (Lipinski definition) is 4. The number of amides is 1. The first kappa shape index (κ1) is 16.8. The van der Waals surface area contributed by atoms with Crippen molar-refractivity contribution in [2.45, 2.75) is 6.42 Å². The Morgan fingerprint density at radius 3 is 2.57 bits per heavy atom. The van der Waals surface area contributed by atoms with Crippen molar-refractivity contribution >= 4 is 17.3 Å². The maximum Gasteiger partial charge on any atom is 0.269 e. The first-order valence-corrected chi connectivity index (χ1v) is 7.06. The van der Waals surface area contributed by atoms with Crippen molar-refractivity contribution < 1.29 is 18.3 Å². The van der Waals surface area contributed by atoms with Crippen LogP contribution in [0.2, 0.25) is 0 Å². The van der Waals surface area contributed by atoms with Gasteiger partial charge in [-0.15, -0.1) is 0 Å². The van der Waals surface area contributed by atoms with Crippen molar-refractivity contribution in [3.8, 4) is 0 Å². The Morgan fingerprint density at radius 1 is 1.22 bits per heavy atom. The number of methoxy groups -OCH3 is 1. The highest BCUT2D eigenvalue weighted by molar-refractivity contribution is 5.92. The number of benzene rings is 1. The molecule has 1 aromatic heterocycles. The molecule has 0 aliphatic rings. The van der Waals surface area contributed by atoms with Crippen LogP contribution in [-0.2, 0) is 4.74 Å². The topological polar surface area (TPSA) is 63.2 Å². The van der Waals surface area contributed by atoms with Crippen molar-refractivity contribution in [1.29, 1.82) is 0 Å². The van der Waals surface area contributed by atoms with E-state index in [2.05, 4.69) is 15.6 Å². The lowest BCUT2D eigenvalue weighted by atomic mass is 10.2. The van der Waals surface area contributed by atoms with Crippen molar-refractivity contribution in [3.63, 3.8) is 0 Å². The molecular weight excluding hydrogens is 304 g/mol. The summed E-state index contributed by atoms with van der Waals surface area (Å²) in [7, 11) is 1.59. The minimum absolute atomic E-state index is 0.224. The third kappa shape index (κ3) is 4.72. The van der Waals surface area contributed by atoms with Crippen LogP contribution in [0.25, 0.3) is 0 Å². The van der Waals surface area contributed by atoms with Gasteiger partial charge in [0.25, 0.3) is 5.91 Å². The second-order valence-electron chi connectivity index (χ2n) is 4.76. The SMILES string of the molecule is COCCCNC(=O)c1ccc(Nc2c(F)cccc2F)cn1. The van der Waals surface area contributed by atoms with Crippen LogP contribution in [0.4, 0.5) is 20.2 Å². The monoisotopic (exact) mass is 321 g/mol. The molecule has 2 N–H and O–H groups in total. The van der Waals surface area contributed by atoms with Gasteiger partial charge in [0, 0.05) is 20.3 Å². The third-order valence-electron chi connectivity index (χ3n) is 3.04. The van der Waals surface area contributed by atoms with Gasteiger partial charge in [-0.05, 0) is 30.7 Å². The average molecular weight is 321 g/mol. The van der Waals surface area contributed by atoms with Gasteiger partial charge in [-0.3, -0.25) is 4.79 Å². The van der Waals surface area contributed by atoms with Crippen LogP contribution in [0.15, 0.2) is 36.5 Å². The molecule has 0 aliphatic heterocycles. The van der Waals surface area contributed by atoms with E-state index in [4.69, 9.17) is 4.74 Å². The fourth-order valence-electron chi connectivity index (χ4n) is 1.87. The summed E-state index contributed by atoms with van der Waals surface area (Å²) in [6.45, 7) is 1.04. The Labute approximate surface area is 132 Å². The van der Waals surface area contributed by atoms with E-state index in [0.717, 1.165) is 12.1 Å². The second kappa shape index (κ2) is 8.19. The highest BCUT2D eigenvalue weighted by Crippen LogP contribution is 2.22. The van der Waals surface area contributed by atoms with Crippen LogP contribution >= 0.6 is 0 Å². The van der Waals surface area contributed by atoms with Crippen LogP contribution in [0.3, 0.4) is 0 Å². The van der Waals surface area contributed by atoms with Crippen molar-refractivity contribution in [2.24, 2.45) is 0 Å². The number of rotatable bonds is 7. The van der Waals surface area contributed by atoms with E-state index in [-0.39, 0.29) is 17.3 Å². The van der Waals surface area contributed by atoms with Crippen LogP contribution in [0, 0.1) is 11.6 Å². The summed E-state index contributed by atoms with van der Waals surface area (Å²) in [4.78, 5) is 15.8. The molecule has 7 heteroatoms. The molecule has 0 saturated carbocycles. The van der Waals surface area contributed by atoms with E-state index in [9.17, 15) is 13.6 Å². The number of hydrogen-bond donors (Lipinski definition) is 2. The standard InChI is InChI=1S/C16H17F2N3O2/c1-23-9-3-8-19-16(22)14-7-6-11(10-20-14)21-15-12(17)4-2-5-13(15)18/h2,4-7,10,21H,3,8-9H2,1H3,(H,19,22). The fourth-order valence-corrected chi connectivity index (χ4v) is 1.87. The van der Waals surface area contributed by atoms with E-state index < -0.39 is 11.6 Å².